The van der Waals surface area contributed by atoms with Gasteiger partial charge in [0.1, 0.15) is 23.6 Å². The first-order valence-corrected chi connectivity index (χ1v) is 6.16. The third-order valence-electron chi connectivity index (χ3n) is 3.11. The van der Waals surface area contributed by atoms with E-state index < -0.39 is 40.4 Å². The van der Waals surface area contributed by atoms with Gasteiger partial charge in [0.25, 0.3) is 5.69 Å². The lowest BCUT2D eigenvalue weighted by molar-refractivity contribution is -0.385. The second-order valence-electron chi connectivity index (χ2n) is 4.60. The van der Waals surface area contributed by atoms with E-state index >= 15 is 0 Å². The Kier molecular flexibility index (Phi) is 4.31. The highest BCUT2D eigenvalue weighted by Gasteiger charge is 2.37. The molecule has 1 aliphatic rings. The molecule has 1 aliphatic heterocycles. The normalized spacial score (nSPS) is 22.9. The molecule has 2 atom stereocenters. The van der Waals surface area contributed by atoms with E-state index in [-0.39, 0.29) is 13.0 Å². The second-order valence-corrected chi connectivity index (χ2v) is 4.60. The molecule has 1 N–H and O–H groups in total. The Morgan fingerprint density at radius 3 is 2.67 bits per heavy atom. The van der Waals surface area contributed by atoms with Crippen LogP contribution in [0, 0.1) is 10.1 Å². The number of nitrogens with one attached hydrogen (secondary N) is 1. The number of non-ortho nitro benzene ring substituents is 1. The van der Waals surface area contributed by atoms with E-state index in [9.17, 15) is 27.7 Å². The Morgan fingerprint density at radius 1 is 1.38 bits per heavy atom. The summed E-state index contributed by atoms with van der Waals surface area (Å²) in [5.74, 6) is -0.595. The van der Waals surface area contributed by atoms with Crippen molar-refractivity contribution >= 4 is 5.69 Å². The smallest absolute Gasteiger partial charge is 0.420 e. The number of benzene rings is 1. The molecule has 1 aromatic rings. The molecule has 0 aromatic heterocycles. The lowest BCUT2D eigenvalue weighted by atomic mass is 10.1. The average Bonchev–Trinajstić information content (AvgIpc) is 2.40. The molecule has 0 amide bonds. The average molecular weight is 308 g/mol. The van der Waals surface area contributed by atoms with Crippen LogP contribution in [0.15, 0.2) is 18.2 Å². The first-order chi connectivity index (χ1) is 9.79. The fraction of sp³-hybridized carbons (Fsp3) is 0.500. The summed E-state index contributed by atoms with van der Waals surface area (Å²) in [5, 5.41) is 13.3. The van der Waals surface area contributed by atoms with Crippen LogP contribution in [0.25, 0.3) is 0 Å². The predicted octanol–water partition coefficient (Wildman–Crippen LogP) is 2.69. The van der Waals surface area contributed by atoms with Crippen LogP contribution < -0.4 is 10.1 Å². The minimum absolute atomic E-state index is 0.000993. The first-order valence-electron chi connectivity index (χ1n) is 6.16. The van der Waals surface area contributed by atoms with Gasteiger partial charge in [0.15, 0.2) is 0 Å². The van der Waals surface area contributed by atoms with Crippen molar-refractivity contribution in [2.75, 3.05) is 13.1 Å². The molecule has 9 heteroatoms. The van der Waals surface area contributed by atoms with Crippen molar-refractivity contribution < 1.29 is 27.2 Å². The molecule has 1 saturated heterocycles. The monoisotopic (exact) mass is 308 g/mol. The second kappa shape index (κ2) is 5.84. The molecular formula is C12H12F4N2O3. The third kappa shape index (κ3) is 3.60. The number of halogens is 4. The van der Waals surface area contributed by atoms with Crippen LogP contribution in [0.3, 0.4) is 0 Å². The molecule has 21 heavy (non-hydrogen) atoms. The van der Waals surface area contributed by atoms with Gasteiger partial charge in [0.05, 0.1) is 4.92 Å². The summed E-state index contributed by atoms with van der Waals surface area (Å²) in [6.45, 7) is 0.429. The van der Waals surface area contributed by atoms with Gasteiger partial charge in [-0.15, -0.1) is 0 Å². The lowest BCUT2D eigenvalue weighted by Gasteiger charge is -2.28. The van der Waals surface area contributed by atoms with Gasteiger partial charge in [0, 0.05) is 18.7 Å². The van der Waals surface area contributed by atoms with E-state index in [0.29, 0.717) is 12.6 Å². The van der Waals surface area contributed by atoms with Gasteiger partial charge in [-0.1, -0.05) is 0 Å². The van der Waals surface area contributed by atoms with E-state index in [2.05, 4.69) is 5.32 Å². The number of nitro benzene ring substituents is 1. The molecule has 1 aromatic carbocycles. The molecule has 2 rings (SSSR count). The number of hydrogen-bond acceptors (Lipinski definition) is 4. The van der Waals surface area contributed by atoms with Crippen LogP contribution in [0.5, 0.6) is 5.75 Å². The molecule has 1 unspecified atom stereocenters. The highest BCUT2D eigenvalue weighted by molar-refractivity contribution is 5.45. The van der Waals surface area contributed by atoms with Crippen LogP contribution in [0.1, 0.15) is 12.0 Å². The van der Waals surface area contributed by atoms with Gasteiger partial charge >= 0.3 is 6.18 Å². The van der Waals surface area contributed by atoms with Gasteiger partial charge in [-0.3, -0.25) is 10.1 Å². The molecule has 0 saturated carbocycles. The quantitative estimate of drug-likeness (QED) is 0.530. The minimum atomic E-state index is -4.82. The summed E-state index contributed by atoms with van der Waals surface area (Å²) in [5.41, 5.74) is -1.97. The number of hydrogen-bond donors (Lipinski definition) is 1. The highest BCUT2D eigenvalue weighted by atomic mass is 19.4. The van der Waals surface area contributed by atoms with Gasteiger partial charge in [-0.2, -0.15) is 13.2 Å². The van der Waals surface area contributed by atoms with Crippen molar-refractivity contribution in [1.29, 1.82) is 0 Å². The summed E-state index contributed by atoms with van der Waals surface area (Å²) in [4.78, 5) is 9.63. The van der Waals surface area contributed by atoms with Gasteiger partial charge in [0.2, 0.25) is 0 Å². The van der Waals surface area contributed by atoms with E-state index in [1.165, 1.54) is 0 Å². The SMILES string of the molecule is O=[N+]([O-])c1ccc(OC2CCNC[C@H]2F)c(C(F)(F)F)c1. The zero-order valence-corrected chi connectivity index (χ0v) is 10.7. The maximum atomic E-state index is 13.6. The summed E-state index contributed by atoms with van der Waals surface area (Å²) < 4.78 is 57.5. The Hall–Kier alpha value is -1.90. The fourth-order valence-electron chi connectivity index (χ4n) is 2.05. The van der Waals surface area contributed by atoms with Crippen LogP contribution in [0.4, 0.5) is 23.2 Å². The Balaban J connectivity index is 2.31. The van der Waals surface area contributed by atoms with Crippen molar-refractivity contribution in [3.8, 4) is 5.75 Å². The Bertz CT molecular complexity index is 536. The largest absolute Gasteiger partial charge is 0.487 e. The van der Waals surface area contributed by atoms with Gasteiger partial charge < -0.3 is 10.1 Å². The number of piperidine rings is 1. The standard InChI is InChI=1S/C12H12F4N2O3/c13-9-6-17-4-3-11(9)21-10-2-1-7(18(19)20)5-8(10)12(14,15)16/h1-2,5,9,11,17H,3-4,6H2/t9-,11?/m1/s1. The van der Waals surface area contributed by atoms with Crippen molar-refractivity contribution in [3.63, 3.8) is 0 Å². The first kappa shape index (κ1) is 15.5. The molecule has 0 radical (unpaired) electrons. The number of nitro groups is 1. The molecule has 116 valence electrons. The van der Waals surface area contributed by atoms with Crippen molar-refractivity contribution in [3.05, 3.63) is 33.9 Å². The Labute approximate surface area is 117 Å². The molecule has 1 fully saturated rings. The van der Waals surface area contributed by atoms with E-state index in [0.717, 1.165) is 12.1 Å². The third-order valence-corrected chi connectivity index (χ3v) is 3.11. The highest BCUT2D eigenvalue weighted by Crippen LogP contribution is 2.39. The van der Waals surface area contributed by atoms with Crippen LogP contribution in [-0.4, -0.2) is 30.3 Å². The molecule has 5 nitrogen and oxygen atoms in total. The van der Waals surface area contributed by atoms with Crippen LogP contribution >= 0.6 is 0 Å². The zero-order chi connectivity index (χ0) is 15.6. The van der Waals surface area contributed by atoms with Crippen molar-refractivity contribution in [2.45, 2.75) is 24.9 Å². The topological polar surface area (TPSA) is 64.4 Å². The van der Waals surface area contributed by atoms with Crippen molar-refractivity contribution in [1.82, 2.24) is 5.32 Å². The van der Waals surface area contributed by atoms with Crippen LogP contribution in [0.2, 0.25) is 0 Å². The van der Waals surface area contributed by atoms with E-state index in [1.54, 1.807) is 0 Å². The molecule has 0 aliphatic carbocycles. The lowest BCUT2D eigenvalue weighted by Crippen LogP contribution is -2.44. The molecule has 1 heterocycles. The summed E-state index contributed by atoms with van der Waals surface area (Å²) in [6.07, 6.45) is -7.04. The van der Waals surface area contributed by atoms with Crippen LogP contribution in [-0.2, 0) is 6.18 Å². The molecule has 0 spiro atoms. The maximum absolute atomic E-state index is 13.6. The van der Waals surface area contributed by atoms with Gasteiger partial charge in [-0.05, 0) is 19.0 Å². The number of ether oxygens (including phenoxy) is 1. The minimum Gasteiger partial charge on any atom is -0.487 e. The fourth-order valence-corrected chi connectivity index (χ4v) is 2.05. The van der Waals surface area contributed by atoms with Gasteiger partial charge in [-0.25, -0.2) is 4.39 Å². The summed E-state index contributed by atoms with van der Waals surface area (Å²) in [7, 11) is 0. The van der Waals surface area contributed by atoms with E-state index in [1.807, 2.05) is 0 Å². The number of alkyl halides is 4. The molecular weight excluding hydrogens is 296 g/mol. The zero-order valence-electron chi connectivity index (χ0n) is 10.7. The maximum Gasteiger partial charge on any atom is 0.420 e. The Morgan fingerprint density at radius 2 is 2.10 bits per heavy atom. The predicted molar refractivity (Wildman–Crippen MR) is 64.9 cm³/mol. The number of rotatable bonds is 3. The van der Waals surface area contributed by atoms with Crippen molar-refractivity contribution in [2.24, 2.45) is 0 Å². The summed E-state index contributed by atoms with van der Waals surface area (Å²) in [6, 6.07) is 2.15. The summed E-state index contributed by atoms with van der Waals surface area (Å²) >= 11 is 0. The van der Waals surface area contributed by atoms with E-state index in [4.69, 9.17) is 4.74 Å². The number of nitrogens with zero attached hydrogens (tertiary/aromatic N) is 1. The molecule has 0 bridgehead atoms.